The number of rotatable bonds is 5. The van der Waals surface area contributed by atoms with Gasteiger partial charge in [0.15, 0.2) is 6.61 Å². The Morgan fingerprint density at radius 2 is 2.00 bits per heavy atom. The molecule has 0 bridgehead atoms. The van der Waals surface area contributed by atoms with Gasteiger partial charge in [-0.1, -0.05) is 36.4 Å². The lowest BCUT2D eigenvalue weighted by Gasteiger charge is -2.05. The van der Waals surface area contributed by atoms with Gasteiger partial charge in [0.25, 0.3) is 5.91 Å². The van der Waals surface area contributed by atoms with Crippen molar-refractivity contribution in [3.05, 3.63) is 65.2 Å². The van der Waals surface area contributed by atoms with Gasteiger partial charge in [-0.2, -0.15) is 5.10 Å². The highest BCUT2D eigenvalue weighted by Crippen LogP contribution is 2.11. The molecule has 21 heavy (non-hydrogen) atoms. The number of nitrogens with one attached hydrogen (secondary N) is 1. The highest BCUT2D eigenvalue weighted by Gasteiger charge is 2.01. The predicted octanol–water partition coefficient (Wildman–Crippen LogP) is 2.83. The maximum atomic E-state index is 11.6. The number of nitrogens with zero attached hydrogens (tertiary/aromatic N) is 1. The minimum absolute atomic E-state index is 0.0609. The van der Waals surface area contributed by atoms with Crippen LogP contribution in [0, 0.1) is 13.8 Å². The zero-order chi connectivity index (χ0) is 15.1. The van der Waals surface area contributed by atoms with E-state index >= 15 is 0 Å². The first-order valence-electron chi connectivity index (χ1n) is 6.72. The van der Waals surface area contributed by atoms with Crippen molar-refractivity contribution in [3.63, 3.8) is 0 Å². The zero-order valence-electron chi connectivity index (χ0n) is 12.2. The maximum absolute atomic E-state index is 11.6. The molecule has 0 aliphatic carbocycles. The second-order valence-electron chi connectivity index (χ2n) is 4.75. The number of hydrazone groups is 1. The Labute approximate surface area is 124 Å². The number of ether oxygens (including phenoxy) is 1. The van der Waals surface area contributed by atoms with Gasteiger partial charge < -0.3 is 4.74 Å². The van der Waals surface area contributed by atoms with Gasteiger partial charge >= 0.3 is 0 Å². The van der Waals surface area contributed by atoms with E-state index in [0.29, 0.717) is 5.75 Å². The molecule has 0 fully saturated rings. The Hall–Kier alpha value is -2.62. The van der Waals surface area contributed by atoms with E-state index in [4.69, 9.17) is 4.74 Å². The summed E-state index contributed by atoms with van der Waals surface area (Å²) in [5, 5.41) is 3.93. The van der Waals surface area contributed by atoms with E-state index in [-0.39, 0.29) is 12.5 Å². The third-order valence-corrected chi connectivity index (χ3v) is 2.94. The molecule has 1 N–H and O–H groups in total. The summed E-state index contributed by atoms with van der Waals surface area (Å²) in [6, 6.07) is 15.4. The van der Waals surface area contributed by atoms with Crippen molar-refractivity contribution in [3.8, 4) is 5.75 Å². The van der Waals surface area contributed by atoms with Crippen LogP contribution in [0.3, 0.4) is 0 Å². The lowest BCUT2D eigenvalue weighted by Crippen LogP contribution is -2.24. The second-order valence-corrected chi connectivity index (χ2v) is 4.75. The van der Waals surface area contributed by atoms with E-state index in [1.165, 1.54) is 0 Å². The van der Waals surface area contributed by atoms with Gasteiger partial charge in [0.2, 0.25) is 0 Å². The Kier molecular flexibility index (Phi) is 5.10. The molecule has 0 unspecified atom stereocenters. The van der Waals surface area contributed by atoms with E-state index in [9.17, 15) is 4.79 Å². The molecular formula is C17H18N2O2. The molecule has 0 heterocycles. The van der Waals surface area contributed by atoms with Crippen molar-refractivity contribution in [2.75, 3.05) is 6.61 Å². The predicted molar refractivity (Wildman–Crippen MR) is 83.6 cm³/mol. The number of hydrogen-bond acceptors (Lipinski definition) is 3. The van der Waals surface area contributed by atoms with Crippen LogP contribution >= 0.6 is 0 Å². The van der Waals surface area contributed by atoms with E-state index in [1.807, 2.05) is 62.4 Å². The molecule has 0 aromatic heterocycles. The van der Waals surface area contributed by atoms with Crippen LogP contribution in [0.2, 0.25) is 0 Å². The lowest BCUT2D eigenvalue weighted by molar-refractivity contribution is -0.123. The first-order valence-corrected chi connectivity index (χ1v) is 6.72. The quantitative estimate of drug-likeness (QED) is 0.677. The van der Waals surface area contributed by atoms with Crippen molar-refractivity contribution in [2.24, 2.45) is 5.10 Å². The van der Waals surface area contributed by atoms with Gasteiger partial charge in [0, 0.05) is 0 Å². The van der Waals surface area contributed by atoms with E-state index < -0.39 is 0 Å². The first kappa shape index (κ1) is 14.8. The Morgan fingerprint density at radius 3 is 2.76 bits per heavy atom. The maximum Gasteiger partial charge on any atom is 0.277 e. The Morgan fingerprint density at radius 1 is 1.19 bits per heavy atom. The summed E-state index contributed by atoms with van der Waals surface area (Å²) < 4.78 is 5.39. The molecular weight excluding hydrogens is 264 g/mol. The van der Waals surface area contributed by atoms with Gasteiger partial charge in [-0.15, -0.1) is 0 Å². The van der Waals surface area contributed by atoms with Crippen LogP contribution in [0.5, 0.6) is 5.75 Å². The van der Waals surface area contributed by atoms with Crippen molar-refractivity contribution in [2.45, 2.75) is 13.8 Å². The summed E-state index contributed by atoms with van der Waals surface area (Å²) in [7, 11) is 0. The van der Waals surface area contributed by atoms with Crippen molar-refractivity contribution >= 4 is 12.1 Å². The van der Waals surface area contributed by atoms with E-state index in [1.54, 1.807) is 6.21 Å². The minimum atomic E-state index is -0.290. The summed E-state index contributed by atoms with van der Waals surface area (Å²) in [5.74, 6) is 0.384. The molecule has 2 aromatic carbocycles. The highest BCUT2D eigenvalue weighted by molar-refractivity contribution is 5.84. The molecule has 0 saturated carbocycles. The number of carbonyl (C=O) groups is 1. The smallest absolute Gasteiger partial charge is 0.277 e. The van der Waals surface area contributed by atoms with Gasteiger partial charge in [-0.3, -0.25) is 4.79 Å². The highest BCUT2D eigenvalue weighted by atomic mass is 16.5. The summed E-state index contributed by atoms with van der Waals surface area (Å²) in [6.07, 6.45) is 1.62. The van der Waals surface area contributed by atoms with Gasteiger partial charge in [0.05, 0.1) is 6.21 Å². The number of carbonyl (C=O) groups excluding carboxylic acids is 1. The normalized spacial score (nSPS) is 10.6. The van der Waals surface area contributed by atoms with Crippen LogP contribution in [-0.4, -0.2) is 18.7 Å². The van der Waals surface area contributed by atoms with Gasteiger partial charge in [0.1, 0.15) is 5.75 Å². The molecule has 0 radical (unpaired) electrons. The first-order chi connectivity index (χ1) is 10.1. The molecule has 4 nitrogen and oxygen atoms in total. The molecule has 1 amide bonds. The summed E-state index contributed by atoms with van der Waals surface area (Å²) in [6.45, 7) is 3.90. The standard InChI is InChI=1S/C17H18N2O2/c1-13-6-5-9-16(10-13)21-12-17(20)19-18-11-15-8-4-3-7-14(15)2/h3-11H,12H2,1-2H3,(H,19,20)/b18-11+. The van der Waals surface area contributed by atoms with Crippen LogP contribution in [0.4, 0.5) is 0 Å². The third kappa shape index (κ3) is 4.76. The van der Waals surface area contributed by atoms with E-state index in [2.05, 4.69) is 10.5 Å². The third-order valence-electron chi connectivity index (χ3n) is 2.94. The monoisotopic (exact) mass is 282 g/mol. The fraction of sp³-hybridized carbons (Fsp3) is 0.176. The topological polar surface area (TPSA) is 50.7 Å². The number of aryl methyl sites for hydroxylation is 2. The van der Waals surface area contributed by atoms with Crippen LogP contribution in [0.15, 0.2) is 53.6 Å². The Balaban J connectivity index is 1.81. The van der Waals surface area contributed by atoms with E-state index in [0.717, 1.165) is 16.7 Å². The molecule has 0 atom stereocenters. The number of benzene rings is 2. The van der Waals surface area contributed by atoms with Crippen molar-refractivity contribution in [1.82, 2.24) is 5.43 Å². The van der Waals surface area contributed by atoms with Crippen molar-refractivity contribution in [1.29, 1.82) is 0 Å². The van der Waals surface area contributed by atoms with Crippen molar-refractivity contribution < 1.29 is 9.53 Å². The molecule has 4 heteroatoms. The molecule has 0 aliphatic rings. The zero-order valence-corrected chi connectivity index (χ0v) is 12.2. The minimum Gasteiger partial charge on any atom is -0.484 e. The lowest BCUT2D eigenvalue weighted by atomic mass is 10.1. The van der Waals surface area contributed by atoms with Crippen LogP contribution < -0.4 is 10.2 Å². The average molecular weight is 282 g/mol. The van der Waals surface area contributed by atoms with Gasteiger partial charge in [-0.05, 0) is 42.7 Å². The Bertz CT molecular complexity index is 651. The molecule has 0 saturated heterocycles. The fourth-order valence-electron chi connectivity index (χ4n) is 1.79. The molecule has 2 rings (SSSR count). The van der Waals surface area contributed by atoms with Crippen LogP contribution in [0.25, 0.3) is 0 Å². The summed E-state index contributed by atoms with van der Waals surface area (Å²) in [5.41, 5.74) is 5.61. The molecule has 0 aliphatic heterocycles. The largest absolute Gasteiger partial charge is 0.484 e. The summed E-state index contributed by atoms with van der Waals surface area (Å²) in [4.78, 5) is 11.6. The fourth-order valence-corrected chi connectivity index (χ4v) is 1.79. The second kappa shape index (κ2) is 7.24. The molecule has 2 aromatic rings. The average Bonchev–Trinajstić information content (AvgIpc) is 2.47. The van der Waals surface area contributed by atoms with Gasteiger partial charge in [-0.25, -0.2) is 5.43 Å². The van der Waals surface area contributed by atoms with Crippen LogP contribution in [0.1, 0.15) is 16.7 Å². The number of amides is 1. The molecule has 0 spiro atoms. The molecule has 108 valence electrons. The SMILES string of the molecule is Cc1cccc(OCC(=O)N/N=C/c2ccccc2C)c1. The summed E-state index contributed by atoms with van der Waals surface area (Å²) >= 11 is 0. The number of hydrogen-bond donors (Lipinski definition) is 1. The van der Waals surface area contributed by atoms with Crippen LogP contribution in [-0.2, 0) is 4.79 Å².